The first-order valence-corrected chi connectivity index (χ1v) is 12.7. The van der Waals surface area contributed by atoms with E-state index in [2.05, 4.69) is 10.2 Å². The van der Waals surface area contributed by atoms with Gasteiger partial charge in [0.05, 0.1) is 12.0 Å². The molecule has 7 nitrogen and oxygen atoms in total. The zero-order chi connectivity index (χ0) is 24.0. The minimum Gasteiger partial charge on any atom is -0.496 e. The van der Waals surface area contributed by atoms with Gasteiger partial charge < -0.3 is 10.1 Å². The number of sulfonamides is 1. The van der Waals surface area contributed by atoms with Gasteiger partial charge in [0.2, 0.25) is 10.0 Å². The number of nitrogens with zero attached hydrogens (tertiary/aromatic N) is 2. The summed E-state index contributed by atoms with van der Waals surface area (Å²) in [5, 5.41) is 2.95. The van der Waals surface area contributed by atoms with E-state index in [9.17, 15) is 13.2 Å². The van der Waals surface area contributed by atoms with Crippen molar-refractivity contribution in [3.63, 3.8) is 0 Å². The van der Waals surface area contributed by atoms with Crippen LogP contribution >= 0.6 is 0 Å². The van der Waals surface area contributed by atoms with Crippen LogP contribution in [0.3, 0.4) is 0 Å². The predicted octanol–water partition coefficient (Wildman–Crippen LogP) is 3.13. The smallest absolute Gasteiger partial charge is 0.251 e. The fraction of sp³-hybridized carbons (Fsp3) is 0.269. The third-order valence-corrected chi connectivity index (χ3v) is 7.85. The Bertz CT molecular complexity index is 1220. The van der Waals surface area contributed by atoms with Gasteiger partial charge in [0.15, 0.2) is 0 Å². The van der Waals surface area contributed by atoms with Gasteiger partial charge in [-0.25, -0.2) is 8.42 Å². The molecule has 0 aliphatic carbocycles. The number of carbonyl (C=O) groups excluding carboxylic acids is 1. The molecule has 0 radical (unpaired) electrons. The first-order valence-electron chi connectivity index (χ1n) is 11.2. The zero-order valence-electron chi connectivity index (χ0n) is 19.2. The van der Waals surface area contributed by atoms with Crippen molar-refractivity contribution in [1.82, 2.24) is 14.5 Å². The molecule has 0 saturated carbocycles. The van der Waals surface area contributed by atoms with E-state index in [-0.39, 0.29) is 5.91 Å². The molecule has 1 N–H and O–H groups in total. The number of hydrogen-bond acceptors (Lipinski definition) is 5. The molecule has 3 aromatic rings. The largest absolute Gasteiger partial charge is 0.496 e. The Morgan fingerprint density at radius 3 is 2.35 bits per heavy atom. The molecule has 1 aliphatic heterocycles. The maximum absolute atomic E-state index is 12.8. The van der Waals surface area contributed by atoms with Crippen molar-refractivity contribution >= 4 is 15.9 Å². The Balaban J connectivity index is 1.33. The van der Waals surface area contributed by atoms with E-state index in [1.165, 1.54) is 0 Å². The molecule has 4 rings (SSSR count). The summed E-state index contributed by atoms with van der Waals surface area (Å²) in [5.41, 5.74) is 2.53. The van der Waals surface area contributed by atoms with Crippen LogP contribution in [-0.4, -0.2) is 56.8 Å². The molecule has 1 saturated heterocycles. The number of nitrogens with one attached hydrogen (secondary N) is 1. The summed E-state index contributed by atoms with van der Waals surface area (Å²) < 4.78 is 32.5. The summed E-state index contributed by atoms with van der Waals surface area (Å²) in [7, 11) is -1.85. The highest BCUT2D eigenvalue weighted by atomic mass is 32.2. The van der Waals surface area contributed by atoms with Crippen LogP contribution in [0.2, 0.25) is 0 Å². The van der Waals surface area contributed by atoms with Crippen molar-refractivity contribution in [3.8, 4) is 5.75 Å². The lowest BCUT2D eigenvalue weighted by Crippen LogP contribution is -2.48. The first-order chi connectivity index (χ1) is 16.5. The van der Waals surface area contributed by atoms with E-state index in [1.54, 1.807) is 41.7 Å². The first kappa shape index (κ1) is 23.9. The molecule has 1 heterocycles. The van der Waals surface area contributed by atoms with Gasteiger partial charge in [-0.1, -0.05) is 48.5 Å². The van der Waals surface area contributed by atoms with E-state index in [1.807, 2.05) is 48.5 Å². The summed E-state index contributed by atoms with van der Waals surface area (Å²) >= 11 is 0. The number of piperazine rings is 1. The standard InChI is InChI=1S/C26H29N3O4S/c1-33-25-13-6-5-9-23(25)19-27-26(30)22-10-7-8-21(18-22)20-28-14-16-29(17-15-28)34(31,32)24-11-3-2-4-12-24/h2-13,18H,14-17,19-20H2,1H3,(H,27,30). The van der Waals surface area contributed by atoms with Crippen LogP contribution in [0.1, 0.15) is 21.5 Å². The Hall–Kier alpha value is -3.20. The van der Waals surface area contributed by atoms with Gasteiger partial charge >= 0.3 is 0 Å². The summed E-state index contributed by atoms with van der Waals surface area (Å²) in [6.45, 7) is 3.19. The van der Waals surface area contributed by atoms with E-state index >= 15 is 0 Å². The Labute approximate surface area is 201 Å². The molecule has 0 aromatic heterocycles. The van der Waals surface area contributed by atoms with E-state index < -0.39 is 10.0 Å². The molecule has 3 aromatic carbocycles. The number of rotatable bonds is 8. The summed E-state index contributed by atoms with van der Waals surface area (Å²) in [4.78, 5) is 15.3. The van der Waals surface area contributed by atoms with Crippen LogP contribution in [0, 0.1) is 0 Å². The van der Waals surface area contributed by atoms with Gasteiger partial charge in [-0.05, 0) is 35.9 Å². The summed E-state index contributed by atoms with van der Waals surface area (Å²) in [6, 6.07) is 23.7. The molecule has 8 heteroatoms. The highest BCUT2D eigenvalue weighted by Crippen LogP contribution is 2.19. The number of amides is 1. The molecule has 1 amide bonds. The quantitative estimate of drug-likeness (QED) is 0.537. The van der Waals surface area contributed by atoms with Gasteiger partial charge in [0.25, 0.3) is 5.91 Å². The molecule has 0 bridgehead atoms. The molecule has 0 atom stereocenters. The van der Waals surface area contributed by atoms with Gasteiger partial charge in [-0.3, -0.25) is 9.69 Å². The van der Waals surface area contributed by atoms with Gasteiger partial charge in [0.1, 0.15) is 5.75 Å². The normalized spacial score (nSPS) is 15.1. The minimum atomic E-state index is -3.47. The maximum Gasteiger partial charge on any atom is 0.251 e. The third-order valence-electron chi connectivity index (χ3n) is 5.94. The van der Waals surface area contributed by atoms with Crippen LogP contribution < -0.4 is 10.1 Å². The molecule has 0 unspecified atom stereocenters. The lowest BCUT2D eigenvalue weighted by molar-refractivity contribution is 0.0950. The fourth-order valence-electron chi connectivity index (χ4n) is 4.07. The second-order valence-electron chi connectivity index (χ2n) is 8.19. The second kappa shape index (κ2) is 10.8. The van der Waals surface area contributed by atoms with Crippen LogP contribution in [0.25, 0.3) is 0 Å². The number of ether oxygens (including phenoxy) is 1. The van der Waals surface area contributed by atoms with Crippen LogP contribution in [0.4, 0.5) is 0 Å². The Kier molecular flexibility index (Phi) is 7.62. The average Bonchev–Trinajstić information content (AvgIpc) is 2.88. The highest BCUT2D eigenvalue weighted by molar-refractivity contribution is 7.89. The predicted molar refractivity (Wildman–Crippen MR) is 131 cm³/mol. The van der Waals surface area contributed by atoms with E-state index in [4.69, 9.17) is 4.74 Å². The Morgan fingerprint density at radius 2 is 1.62 bits per heavy atom. The lowest BCUT2D eigenvalue weighted by Gasteiger charge is -2.34. The molecule has 178 valence electrons. The van der Waals surface area contributed by atoms with Crippen molar-refractivity contribution in [3.05, 3.63) is 95.6 Å². The van der Waals surface area contributed by atoms with Crippen molar-refractivity contribution < 1.29 is 17.9 Å². The van der Waals surface area contributed by atoms with Crippen LogP contribution in [0.5, 0.6) is 5.75 Å². The number of hydrogen-bond donors (Lipinski definition) is 1. The van der Waals surface area contributed by atoms with Gasteiger partial charge in [-0.15, -0.1) is 0 Å². The SMILES string of the molecule is COc1ccccc1CNC(=O)c1cccc(CN2CCN(S(=O)(=O)c3ccccc3)CC2)c1. The molecular formula is C26H29N3O4S. The van der Waals surface area contributed by atoms with E-state index in [0.717, 1.165) is 16.9 Å². The summed E-state index contributed by atoms with van der Waals surface area (Å²) in [6.07, 6.45) is 0. The summed E-state index contributed by atoms with van der Waals surface area (Å²) in [5.74, 6) is 0.594. The van der Waals surface area contributed by atoms with Crippen molar-refractivity contribution in [1.29, 1.82) is 0 Å². The van der Waals surface area contributed by atoms with Crippen LogP contribution in [0.15, 0.2) is 83.8 Å². The van der Waals surface area contributed by atoms with Crippen molar-refractivity contribution in [2.45, 2.75) is 18.0 Å². The number of benzene rings is 3. The zero-order valence-corrected chi connectivity index (χ0v) is 20.0. The molecule has 34 heavy (non-hydrogen) atoms. The van der Waals surface area contributed by atoms with Gasteiger partial charge in [0, 0.05) is 50.4 Å². The van der Waals surface area contributed by atoms with Crippen molar-refractivity contribution in [2.75, 3.05) is 33.3 Å². The average molecular weight is 480 g/mol. The highest BCUT2D eigenvalue weighted by Gasteiger charge is 2.28. The lowest BCUT2D eigenvalue weighted by atomic mass is 10.1. The van der Waals surface area contributed by atoms with Crippen LogP contribution in [-0.2, 0) is 23.1 Å². The fourth-order valence-corrected chi connectivity index (χ4v) is 5.51. The number of methoxy groups -OCH3 is 1. The molecular weight excluding hydrogens is 450 g/mol. The maximum atomic E-state index is 12.8. The third kappa shape index (κ3) is 5.64. The number of para-hydroxylation sites is 1. The molecule has 1 fully saturated rings. The van der Waals surface area contributed by atoms with Crippen molar-refractivity contribution in [2.24, 2.45) is 0 Å². The monoisotopic (exact) mass is 479 g/mol. The topological polar surface area (TPSA) is 79.0 Å². The minimum absolute atomic E-state index is 0.147. The molecule has 1 aliphatic rings. The van der Waals surface area contributed by atoms with E-state index in [0.29, 0.717) is 49.7 Å². The second-order valence-corrected chi connectivity index (χ2v) is 10.1. The molecule has 0 spiro atoms. The Morgan fingerprint density at radius 1 is 0.912 bits per heavy atom. The number of carbonyl (C=O) groups is 1. The van der Waals surface area contributed by atoms with Gasteiger partial charge in [-0.2, -0.15) is 4.31 Å².